The molecule has 12 heavy (non-hydrogen) atoms. The predicted molar refractivity (Wildman–Crippen MR) is 44.5 cm³/mol. The van der Waals surface area contributed by atoms with E-state index in [1.807, 2.05) is 7.05 Å². The molecule has 2 N–H and O–H groups in total. The van der Waals surface area contributed by atoms with Crippen LogP contribution in [-0.2, 0) is 26.6 Å². The first-order chi connectivity index (χ1) is 5.83. The average Bonchev–Trinajstić information content (AvgIpc) is 2.40. The maximum absolute atomic E-state index is 9.08. The molecule has 2 heterocycles. The molecule has 4 nitrogen and oxygen atoms in total. The van der Waals surface area contributed by atoms with Crippen LogP contribution in [0, 0.1) is 0 Å². The van der Waals surface area contributed by atoms with Crippen LogP contribution in [0.25, 0.3) is 0 Å². The Balaban J connectivity index is 2.46. The number of aryl methyl sites for hydroxylation is 1. The van der Waals surface area contributed by atoms with E-state index < -0.39 is 0 Å². The molecule has 0 radical (unpaired) electrons. The lowest BCUT2D eigenvalue weighted by Gasteiger charge is -2.11. The van der Waals surface area contributed by atoms with E-state index in [1.165, 1.54) is 5.56 Å². The van der Waals surface area contributed by atoms with Crippen LogP contribution in [0.4, 0.5) is 0 Å². The molecule has 0 aliphatic carbocycles. The van der Waals surface area contributed by atoms with Crippen molar-refractivity contribution in [2.45, 2.75) is 19.6 Å². The van der Waals surface area contributed by atoms with Gasteiger partial charge in [0.25, 0.3) is 0 Å². The van der Waals surface area contributed by atoms with E-state index in [0.29, 0.717) is 0 Å². The molecule has 1 aliphatic heterocycles. The Hall–Kier alpha value is -0.870. The Kier molecular flexibility index (Phi) is 1.86. The van der Waals surface area contributed by atoms with Gasteiger partial charge in [-0.2, -0.15) is 5.10 Å². The fourth-order valence-corrected chi connectivity index (χ4v) is 1.71. The summed E-state index contributed by atoms with van der Waals surface area (Å²) in [5, 5.41) is 16.6. The smallest absolute Gasteiger partial charge is 0.0852 e. The molecule has 0 saturated carbocycles. The molecule has 2 rings (SSSR count). The highest BCUT2D eigenvalue weighted by molar-refractivity contribution is 5.28. The fraction of sp³-hybridized carbons (Fsp3) is 0.625. The molecule has 1 aromatic heterocycles. The molecule has 1 aliphatic rings. The third kappa shape index (κ3) is 1.04. The van der Waals surface area contributed by atoms with E-state index in [4.69, 9.17) is 5.11 Å². The molecule has 66 valence electrons. The molecule has 0 atom stereocenters. The van der Waals surface area contributed by atoms with Crippen molar-refractivity contribution in [1.29, 1.82) is 0 Å². The maximum Gasteiger partial charge on any atom is 0.0852 e. The zero-order chi connectivity index (χ0) is 8.55. The predicted octanol–water partition coefficient (Wildman–Crippen LogP) is -0.442. The van der Waals surface area contributed by atoms with Gasteiger partial charge in [0.1, 0.15) is 0 Å². The van der Waals surface area contributed by atoms with Crippen molar-refractivity contribution in [3.63, 3.8) is 0 Å². The lowest BCUT2D eigenvalue weighted by Crippen LogP contribution is -2.23. The van der Waals surface area contributed by atoms with E-state index in [2.05, 4.69) is 10.4 Å². The first kappa shape index (κ1) is 7.76. The van der Waals surface area contributed by atoms with Gasteiger partial charge in [0, 0.05) is 19.2 Å². The molecule has 0 aromatic carbocycles. The average molecular weight is 167 g/mol. The van der Waals surface area contributed by atoms with E-state index >= 15 is 0 Å². The molecule has 4 heteroatoms. The Morgan fingerprint density at radius 3 is 3.25 bits per heavy atom. The third-order valence-corrected chi connectivity index (χ3v) is 2.35. The minimum Gasteiger partial charge on any atom is -0.390 e. The highest BCUT2D eigenvalue weighted by Gasteiger charge is 2.17. The summed E-state index contributed by atoms with van der Waals surface area (Å²) in [7, 11) is 1.88. The molecule has 0 fully saturated rings. The molecule has 0 bridgehead atoms. The Labute approximate surface area is 71.2 Å². The second kappa shape index (κ2) is 2.88. The second-order valence-electron chi connectivity index (χ2n) is 3.08. The largest absolute Gasteiger partial charge is 0.390 e. The quantitative estimate of drug-likeness (QED) is 0.596. The Morgan fingerprint density at radius 1 is 1.67 bits per heavy atom. The molecule has 1 aromatic rings. The second-order valence-corrected chi connectivity index (χ2v) is 3.08. The number of aromatic nitrogens is 2. The Bertz CT molecular complexity index is 293. The minimum atomic E-state index is 0.0961. The van der Waals surface area contributed by atoms with Gasteiger partial charge in [-0.05, 0) is 13.0 Å². The summed E-state index contributed by atoms with van der Waals surface area (Å²) in [5.41, 5.74) is 3.29. The summed E-state index contributed by atoms with van der Waals surface area (Å²) >= 11 is 0. The van der Waals surface area contributed by atoms with Crippen LogP contribution in [0.1, 0.15) is 17.0 Å². The van der Waals surface area contributed by atoms with Crippen LogP contribution < -0.4 is 5.32 Å². The van der Waals surface area contributed by atoms with Crippen molar-refractivity contribution in [3.8, 4) is 0 Å². The van der Waals surface area contributed by atoms with Crippen LogP contribution >= 0.6 is 0 Å². The minimum absolute atomic E-state index is 0.0961. The van der Waals surface area contributed by atoms with Gasteiger partial charge >= 0.3 is 0 Å². The summed E-state index contributed by atoms with van der Waals surface area (Å²) < 4.78 is 1.78. The van der Waals surface area contributed by atoms with Crippen molar-refractivity contribution in [2.24, 2.45) is 7.05 Å². The van der Waals surface area contributed by atoms with Crippen molar-refractivity contribution in [3.05, 3.63) is 17.0 Å². The highest BCUT2D eigenvalue weighted by atomic mass is 16.3. The highest BCUT2D eigenvalue weighted by Crippen LogP contribution is 2.16. The van der Waals surface area contributed by atoms with Crippen molar-refractivity contribution < 1.29 is 5.11 Å². The van der Waals surface area contributed by atoms with E-state index in [1.54, 1.807) is 4.68 Å². The number of nitrogens with one attached hydrogen (secondary N) is 1. The van der Waals surface area contributed by atoms with Crippen LogP contribution in [0.15, 0.2) is 0 Å². The number of nitrogens with zero attached hydrogens (tertiary/aromatic N) is 2. The van der Waals surface area contributed by atoms with Gasteiger partial charge in [-0.3, -0.25) is 4.68 Å². The summed E-state index contributed by atoms with van der Waals surface area (Å²) in [6, 6.07) is 0. The molecule has 0 unspecified atom stereocenters. The molecular weight excluding hydrogens is 154 g/mol. The summed E-state index contributed by atoms with van der Waals surface area (Å²) in [6.45, 7) is 1.92. The number of hydrogen-bond donors (Lipinski definition) is 2. The first-order valence-electron chi connectivity index (χ1n) is 4.18. The summed E-state index contributed by atoms with van der Waals surface area (Å²) in [4.78, 5) is 0. The first-order valence-corrected chi connectivity index (χ1v) is 4.18. The lowest BCUT2D eigenvalue weighted by molar-refractivity contribution is 0.269. The normalized spacial score (nSPS) is 16.2. The number of aliphatic hydroxyl groups is 1. The molecule has 0 amide bonds. The van der Waals surface area contributed by atoms with Gasteiger partial charge < -0.3 is 10.4 Å². The van der Waals surface area contributed by atoms with Crippen LogP contribution in [0.3, 0.4) is 0 Å². The van der Waals surface area contributed by atoms with Gasteiger partial charge in [0.05, 0.1) is 18.0 Å². The summed E-state index contributed by atoms with van der Waals surface area (Å²) in [6.07, 6.45) is 0.985. The molecular formula is C8H13N3O. The number of hydrogen-bond acceptors (Lipinski definition) is 3. The van der Waals surface area contributed by atoms with Crippen LogP contribution in [-0.4, -0.2) is 21.4 Å². The monoisotopic (exact) mass is 167 g/mol. The number of aliphatic hydroxyl groups excluding tert-OH is 1. The SMILES string of the molecule is Cn1nc2c(c1CO)CCNC2. The third-order valence-electron chi connectivity index (χ3n) is 2.35. The zero-order valence-electron chi connectivity index (χ0n) is 7.17. The number of rotatable bonds is 1. The van der Waals surface area contributed by atoms with Crippen molar-refractivity contribution in [2.75, 3.05) is 6.54 Å². The van der Waals surface area contributed by atoms with Gasteiger partial charge in [0.15, 0.2) is 0 Å². The topological polar surface area (TPSA) is 50.1 Å². The van der Waals surface area contributed by atoms with Crippen molar-refractivity contribution in [1.82, 2.24) is 15.1 Å². The van der Waals surface area contributed by atoms with Gasteiger partial charge in [-0.15, -0.1) is 0 Å². The maximum atomic E-state index is 9.08. The molecule has 0 spiro atoms. The number of fused-ring (bicyclic) bond motifs is 1. The fourth-order valence-electron chi connectivity index (χ4n) is 1.71. The summed E-state index contributed by atoms with van der Waals surface area (Å²) in [5.74, 6) is 0. The van der Waals surface area contributed by atoms with E-state index in [0.717, 1.165) is 30.9 Å². The lowest BCUT2D eigenvalue weighted by atomic mass is 10.1. The van der Waals surface area contributed by atoms with Crippen LogP contribution in [0.5, 0.6) is 0 Å². The van der Waals surface area contributed by atoms with Crippen molar-refractivity contribution >= 4 is 0 Å². The van der Waals surface area contributed by atoms with E-state index in [-0.39, 0.29) is 6.61 Å². The van der Waals surface area contributed by atoms with Gasteiger partial charge in [-0.1, -0.05) is 0 Å². The van der Waals surface area contributed by atoms with Crippen LogP contribution in [0.2, 0.25) is 0 Å². The molecule has 0 saturated heterocycles. The van der Waals surface area contributed by atoms with E-state index in [9.17, 15) is 0 Å². The zero-order valence-corrected chi connectivity index (χ0v) is 7.17. The standard InChI is InChI=1S/C8H13N3O/c1-11-8(5-12)6-2-3-9-4-7(6)10-11/h9,12H,2-5H2,1H3. The Morgan fingerprint density at radius 2 is 2.50 bits per heavy atom. The van der Waals surface area contributed by atoms with Gasteiger partial charge in [0.2, 0.25) is 0 Å². The van der Waals surface area contributed by atoms with Gasteiger partial charge in [-0.25, -0.2) is 0 Å².